The van der Waals surface area contributed by atoms with Gasteiger partial charge in [-0.25, -0.2) is 4.79 Å². The molecule has 1 aromatic heterocycles. The molecule has 1 aromatic rings. The molecule has 1 atom stereocenters. The Bertz CT molecular complexity index is 453. The molecule has 1 saturated heterocycles. The van der Waals surface area contributed by atoms with Crippen LogP contribution in [0.3, 0.4) is 0 Å². The molecule has 0 N–H and O–H groups in total. The molecule has 18 heavy (non-hydrogen) atoms. The highest BCUT2D eigenvalue weighted by Crippen LogP contribution is 2.28. The monoisotopic (exact) mass is 288 g/mol. The van der Waals surface area contributed by atoms with Gasteiger partial charge >= 0.3 is 5.97 Å². The molecule has 4 nitrogen and oxygen atoms in total. The van der Waals surface area contributed by atoms with Crippen LogP contribution < -0.4 is 0 Å². The minimum absolute atomic E-state index is 0.0128. The number of aryl methyl sites for hydroxylation is 1. The Balaban J connectivity index is 2.22. The molecule has 6 heteroatoms. The van der Waals surface area contributed by atoms with Crippen molar-refractivity contribution in [3.8, 4) is 0 Å². The van der Waals surface area contributed by atoms with E-state index < -0.39 is 0 Å². The maximum atomic E-state index is 12.2. The van der Waals surface area contributed by atoms with Gasteiger partial charge < -0.3 is 4.74 Å². The van der Waals surface area contributed by atoms with Crippen molar-refractivity contribution < 1.29 is 9.53 Å². The average Bonchev–Trinajstić information content (AvgIpc) is 2.88. The third-order valence-corrected chi connectivity index (χ3v) is 4.48. The number of carbonyl (C=O) groups is 1. The fourth-order valence-electron chi connectivity index (χ4n) is 1.93. The maximum Gasteiger partial charge on any atom is 0.343 e. The molecule has 1 aliphatic rings. The van der Waals surface area contributed by atoms with Crippen LogP contribution in [0.2, 0.25) is 5.15 Å². The predicted octanol–water partition coefficient (Wildman–Crippen LogP) is 2.86. The Kier molecular flexibility index (Phi) is 4.22. The van der Waals surface area contributed by atoms with Crippen molar-refractivity contribution >= 4 is 29.3 Å². The first kappa shape index (κ1) is 13.7. The van der Waals surface area contributed by atoms with E-state index >= 15 is 0 Å². The smallest absolute Gasteiger partial charge is 0.343 e. The second-order valence-corrected chi connectivity index (χ2v) is 6.23. The number of rotatable bonds is 3. The topological polar surface area (TPSA) is 44.1 Å². The molecule has 0 radical (unpaired) electrons. The molecule has 0 saturated carbocycles. The lowest BCUT2D eigenvalue weighted by atomic mass is 10.1. The van der Waals surface area contributed by atoms with Crippen LogP contribution in [0, 0.1) is 0 Å². The molecule has 0 aliphatic carbocycles. The van der Waals surface area contributed by atoms with Crippen LogP contribution in [0.5, 0.6) is 0 Å². The summed E-state index contributed by atoms with van der Waals surface area (Å²) in [6.07, 6.45) is 0.935. The van der Waals surface area contributed by atoms with Gasteiger partial charge in [0.1, 0.15) is 16.8 Å². The highest BCUT2D eigenvalue weighted by molar-refractivity contribution is 7.99. The van der Waals surface area contributed by atoms with Crippen molar-refractivity contribution in [3.63, 3.8) is 0 Å². The Morgan fingerprint density at radius 3 is 2.89 bits per heavy atom. The fraction of sp³-hybridized carbons (Fsp3) is 0.667. The normalized spacial score (nSPS) is 19.5. The lowest BCUT2D eigenvalue weighted by molar-refractivity contribution is 0.0355. The van der Waals surface area contributed by atoms with E-state index in [1.54, 1.807) is 7.05 Å². The minimum Gasteiger partial charge on any atom is -0.458 e. The van der Waals surface area contributed by atoms with Crippen LogP contribution in [-0.4, -0.2) is 33.4 Å². The van der Waals surface area contributed by atoms with Crippen molar-refractivity contribution in [1.82, 2.24) is 9.78 Å². The number of esters is 1. The van der Waals surface area contributed by atoms with E-state index in [-0.39, 0.29) is 18.0 Å². The van der Waals surface area contributed by atoms with Crippen LogP contribution in [-0.2, 0) is 11.8 Å². The summed E-state index contributed by atoms with van der Waals surface area (Å²) in [5, 5.41) is 4.64. The van der Waals surface area contributed by atoms with Crippen LogP contribution in [0.25, 0.3) is 0 Å². The molecule has 2 heterocycles. The summed E-state index contributed by atoms with van der Waals surface area (Å²) in [5.41, 5.74) is 1.13. The largest absolute Gasteiger partial charge is 0.458 e. The first-order chi connectivity index (χ1) is 8.50. The number of thioether (sulfide) groups is 1. The Labute approximate surface area is 116 Å². The van der Waals surface area contributed by atoms with Gasteiger partial charge in [0, 0.05) is 12.8 Å². The van der Waals surface area contributed by atoms with Gasteiger partial charge in [-0.15, -0.1) is 0 Å². The number of aromatic nitrogens is 2. The fourth-order valence-corrected chi connectivity index (χ4v) is 3.24. The molecule has 100 valence electrons. The summed E-state index contributed by atoms with van der Waals surface area (Å²) in [6.45, 7) is 3.97. The molecule has 0 bridgehead atoms. The predicted molar refractivity (Wildman–Crippen MR) is 73.5 cm³/mol. The van der Waals surface area contributed by atoms with Crippen molar-refractivity contribution in [2.24, 2.45) is 7.05 Å². The van der Waals surface area contributed by atoms with E-state index in [0.29, 0.717) is 16.4 Å². The summed E-state index contributed by atoms with van der Waals surface area (Å²) >= 11 is 7.94. The summed E-state index contributed by atoms with van der Waals surface area (Å²) in [7, 11) is 1.73. The van der Waals surface area contributed by atoms with Crippen molar-refractivity contribution in [3.05, 3.63) is 16.4 Å². The molecular formula is C12H17ClN2O2S. The van der Waals surface area contributed by atoms with Gasteiger partial charge in [0.25, 0.3) is 0 Å². The van der Waals surface area contributed by atoms with Gasteiger partial charge in [-0.3, -0.25) is 4.68 Å². The number of carbonyl (C=O) groups excluding carboxylic acids is 1. The Hall–Kier alpha value is -0.680. The third-order valence-electron chi connectivity index (χ3n) is 2.92. The first-order valence-electron chi connectivity index (χ1n) is 6.01. The van der Waals surface area contributed by atoms with Gasteiger partial charge in [-0.05, 0) is 18.1 Å². The quantitative estimate of drug-likeness (QED) is 0.802. The standard InChI is InChI=1S/C12H17ClN2O2S/c1-7(2)10-9(11(13)15(3)14-10)12(16)17-8-4-5-18-6-8/h7-8H,4-6H2,1-3H3/t8-/m1/s1. The summed E-state index contributed by atoms with van der Waals surface area (Å²) in [4.78, 5) is 12.2. The van der Waals surface area contributed by atoms with E-state index in [1.165, 1.54) is 4.68 Å². The highest BCUT2D eigenvalue weighted by atomic mass is 35.5. The first-order valence-corrected chi connectivity index (χ1v) is 7.55. The van der Waals surface area contributed by atoms with Gasteiger partial charge in [0.15, 0.2) is 0 Å². The summed E-state index contributed by atoms with van der Waals surface area (Å²) in [5.74, 6) is 1.73. The van der Waals surface area contributed by atoms with Crippen molar-refractivity contribution in [2.75, 3.05) is 11.5 Å². The van der Waals surface area contributed by atoms with E-state index in [9.17, 15) is 4.79 Å². The zero-order valence-corrected chi connectivity index (χ0v) is 12.3. The molecule has 1 aliphatic heterocycles. The Morgan fingerprint density at radius 2 is 2.33 bits per heavy atom. The van der Waals surface area contributed by atoms with Crippen LogP contribution in [0.4, 0.5) is 0 Å². The summed E-state index contributed by atoms with van der Waals surface area (Å²) < 4.78 is 7.01. The number of hydrogen-bond acceptors (Lipinski definition) is 4. The van der Waals surface area contributed by atoms with Gasteiger partial charge in [0.2, 0.25) is 0 Å². The molecule has 0 unspecified atom stereocenters. The van der Waals surface area contributed by atoms with E-state index in [1.807, 2.05) is 25.6 Å². The van der Waals surface area contributed by atoms with Gasteiger partial charge in [-0.1, -0.05) is 25.4 Å². The van der Waals surface area contributed by atoms with Crippen molar-refractivity contribution in [1.29, 1.82) is 0 Å². The second-order valence-electron chi connectivity index (χ2n) is 4.72. The number of nitrogens with zero attached hydrogens (tertiary/aromatic N) is 2. The van der Waals surface area contributed by atoms with E-state index in [4.69, 9.17) is 16.3 Å². The van der Waals surface area contributed by atoms with Crippen LogP contribution >= 0.6 is 23.4 Å². The molecular weight excluding hydrogens is 272 g/mol. The third kappa shape index (κ3) is 2.67. The number of halogens is 1. The molecule has 0 aromatic carbocycles. The number of ether oxygens (including phenoxy) is 1. The van der Waals surface area contributed by atoms with E-state index in [0.717, 1.165) is 17.9 Å². The SMILES string of the molecule is CC(C)c1nn(C)c(Cl)c1C(=O)O[C@@H]1CCSC1. The molecule has 2 rings (SSSR count). The molecule has 0 amide bonds. The lowest BCUT2D eigenvalue weighted by Crippen LogP contribution is -2.18. The van der Waals surface area contributed by atoms with E-state index in [2.05, 4.69) is 5.10 Å². The summed E-state index contributed by atoms with van der Waals surface area (Å²) in [6, 6.07) is 0. The Morgan fingerprint density at radius 1 is 1.61 bits per heavy atom. The molecule has 0 spiro atoms. The number of hydrogen-bond donors (Lipinski definition) is 0. The molecule has 1 fully saturated rings. The van der Waals surface area contributed by atoms with Crippen molar-refractivity contribution in [2.45, 2.75) is 32.3 Å². The lowest BCUT2D eigenvalue weighted by Gasteiger charge is -2.11. The average molecular weight is 289 g/mol. The van der Waals surface area contributed by atoms with Gasteiger partial charge in [-0.2, -0.15) is 16.9 Å². The maximum absolute atomic E-state index is 12.2. The minimum atomic E-state index is -0.343. The zero-order chi connectivity index (χ0) is 13.3. The van der Waals surface area contributed by atoms with Crippen LogP contribution in [0.15, 0.2) is 0 Å². The van der Waals surface area contributed by atoms with Crippen LogP contribution in [0.1, 0.15) is 42.2 Å². The highest BCUT2D eigenvalue weighted by Gasteiger charge is 2.28. The second kappa shape index (κ2) is 5.53. The zero-order valence-electron chi connectivity index (χ0n) is 10.8. The van der Waals surface area contributed by atoms with Gasteiger partial charge in [0.05, 0.1) is 5.69 Å².